The predicted octanol–water partition coefficient (Wildman–Crippen LogP) is 4.90. The molecule has 3 aromatic rings. The van der Waals surface area contributed by atoms with Crippen LogP contribution in [0.25, 0.3) is 21.9 Å². The van der Waals surface area contributed by atoms with Gasteiger partial charge in [0.05, 0.1) is 0 Å². The molecule has 22 heavy (non-hydrogen) atoms. The van der Waals surface area contributed by atoms with Crippen molar-refractivity contribution in [1.82, 2.24) is 0 Å². The van der Waals surface area contributed by atoms with Gasteiger partial charge in [-0.1, -0.05) is 30.3 Å². The highest BCUT2D eigenvalue weighted by Crippen LogP contribution is 2.27. The van der Waals surface area contributed by atoms with Crippen molar-refractivity contribution in [3.8, 4) is 16.9 Å². The van der Waals surface area contributed by atoms with Gasteiger partial charge in [-0.25, -0.2) is 4.39 Å². The van der Waals surface area contributed by atoms with Crippen LogP contribution in [-0.2, 0) is 0 Å². The van der Waals surface area contributed by atoms with Gasteiger partial charge in [-0.2, -0.15) is 0 Å². The Morgan fingerprint density at radius 2 is 1.55 bits per heavy atom. The average Bonchev–Trinajstić information content (AvgIpc) is 2.59. The maximum Gasteiger partial charge on any atom is 0.123 e. The smallest absolute Gasteiger partial charge is 0.123 e. The van der Waals surface area contributed by atoms with Crippen molar-refractivity contribution < 1.29 is 9.13 Å². The first-order chi connectivity index (χ1) is 10.8. The third-order valence-electron chi connectivity index (χ3n) is 3.66. The topological polar surface area (TPSA) is 21.3 Å². The number of fused-ring (bicyclic) bond motifs is 1. The van der Waals surface area contributed by atoms with Crippen LogP contribution in [0.2, 0.25) is 0 Å². The number of hydrogen-bond acceptors (Lipinski definition) is 2. The van der Waals surface area contributed by atoms with Gasteiger partial charge in [0, 0.05) is 12.7 Å². The van der Waals surface area contributed by atoms with E-state index in [1.807, 2.05) is 31.3 Å². The fourth-order valence-electron chi connectivity index (χ4n) is 2.48. The molecule has 3 heteroatoms. The Morgan fingerprint density at radius 1 is 0.864 bits per heavy atom. The molecule has 0 bridgehead atoms. The number of alkyl halides is 1. The SMILES string of the molecule is CNc1ccc2cc(-c3ccc(OCC[18F])cc3)ccc2c1. The van der Waals surface area contributed by atoms with Crippen molar-refractivity contribution >= 4 is 16.5 Å². The zero-order valence-corrected chi connectivity index (χ0v) is 12.5. The van der Waals surface area contributed by atoms with E-state index in [9.17, 15) is 4.39 Å². The maximum atomic E-state index is 12.1. The molecule has 112 valence electrons. The number of rotatable bonds is 5. The summed E-state index contributed by atoms with van der Waals surface area (Å²) in [7, 11) is 1.92. The van der Waals surface area contributed by atoms with Gasteiger partial charge in [0.15, 0.2) is 0 Å². The summed E-state index contributed by atoms with van der Waals surface area (Å²) in [6, 6.07) is 20.5. The van der Waals surface area contributed by atoms with E-state index in [0.29, 0.717) is 5.75 Å². The summed E-state index contributed by atoms with van der Waals surface area (Å²) in [5.41, 5.74) is 3.38. The Balaban J connectivity index is 1.89. The number of anilines is 1. The van der Waals surface area contributed by atoms with E-state index < -0.39 is 6.67 Å². The van der Waals surface area contributed by atoms with Crippen molar-refractivity contribution in [2.24, 2.45) is 0 Å². The van der Waals surface area contributed by atoms with Gasteiger partial charge >= 0.3 is 0 Å². The third kappa shape index (κ3) is 3.03. The van der Waals surface area contributed by atoms with Crippen LogP contribution in [0.1, 0.15) is 0 Å². The summed E-state index contributed by atoms with van der Waals surface area (Å²) in [5.74, 6) is 0.695. The summed E-state index contributed by atoms with van der Waals surface area (Å²) in [5, 5.41) is 5.56. The molecule has 0 aliphatic carbocycles. The zero-order chi connectivity index (χ0) is 15.4. The first kappa shape index (κ1) is 14.4. The van der Waals surface area contributed by atoms with E-state index in [2.05, 4.69) is 41.7 Å². The van der Waals surface area contributed by atoms with Gasteiger partial charge in [0.25, 0.3) is 0 Å². The van der Waals surface area contributed by atoms with Crippen LogP contribution in [0.5, 0.6) is 5.75 Å². The van der Waals surface area contributed by atoms with E-state index in [1.54, 1.807) is 0 Å². The zero-order valence-electron chi connectivity index (χ0n) is 12.5. The molecule has 0 aliphatic rings. The minimum absolute atomic E-state index is 0.100. The Labute approximate surface area is 129 Å². The molecule has 0 fully saturated rings. The molecule has 0 saturated carbocycles. The van der Waals surface area contributed by atoms with Gasteiger partial charge < -0.3 is 10.1 Å². The first-order valence-electron chi connectivity index (χ1n) is 7.31. The minimum Gasteiger partial charge on any atom is -0.491 e. The Morgan fingerprint density at radius 3 is 2.27 bits per heavy atom. The van der Waals surface area contributed by atoms with Crippen LogP contribution < -0.4 is 10.1 Å². The third-order valence-corrected chi connectivity index (χ3v) is 3.66. The van der Waals surface area contributed by atoms with Gasteiger partial charge in [-0.05, 0) is 52.2 Å². The lowest BCUT2D eigenvalue weighted by Gasteiger charge is -2.08. The highest BCUT2D eigenvalue weighted by Gasteiger charge is 2.02. The second-order valence-corrected chi connectivity index (χ2v) is 5.09. The minimum atomic E-state index is -0.471. The molecule has 3 aromatic carbocycles. The Kier molecular flexibility index (Phi) is 4.24. The molecule has 3 rings (SSSR count). The fourth-order valence-corrected chi connectivity index (χ4v) is 2.48. The van der Waals surface area contributed by atoms with E-state index in [1.165, 1.54) is 10.8 Å². The number of nitrogens with one attached hydrogen (secondary N) is 1. The van der Waals surface area contributed by atoms with Crippen molar-refractivity contribution in [2.75, 3.05) is 25.6 Å². The van der Waals surface area contributed by atoms with Crippen LogP contribution in [0.15, 0.2) is 60.7 Å². The van der Waals surface area contributed by atoms with Crippen LogP contribution >= 0.6 is 0 Å². The fraction of sp³-hybridized carbons (Fsp3) is 0.158. The second-order valence-electron chi connectivity index (χ2n) is 5.09. The maximum absolute atomic E-state index is 12.1. The quantitative estimate of drug-likeness (QED) is 0.723. The van der Waals surface area contributed by atoms with E-state index in [-0.39, 0.29) is 6.61 Å². The summed E-state index contributed by atoms with van der Waals surface area (Å²) in [6.45, 7) is -0.371. The van der Waals surface area contributed by atoms with Gasteiger partial charge in [0.1, 0.15) is 19.0 Å². The monoisotopic (exact) mass is 294 g/mol. The standard InChI is InChI=1S/C19H18FNO/c1-21-18-7-4-16-12-15(2-3-17(16)13-18)14-5-8-19(9-6-14)22-11-10-20/h2-9,12-13,21H,10-11H2,1H3/i20-1. The normalized spacial score (nSPS) is 10.6. The summed E-state index contributed by atoms with van der Waals surface area (Å²) < 4.78 is 17.4. The highest BCUT2D eigenvalue weighted by atomic mass is 18.2. The molecule has 0 saturated heterocycles. The molecule has 0 amide bonds. The number of hydrogen-bond donors (Lipinski definition) is 1. The molecule has 1 N–H and O–H groups in total. The van der Waals surface area contributed by atoms with E-state index in [0.717, 1.165) is 16.8 Å². The lowest BCUT2D eigenvalue weighted by Crippen LogP contribution is -1.98. The molecule has 0 aliphatic heterocycles. The lowest BCUT2D eigenvalue weighted by molar-refractivity contribution is 0.273. The van der Waals surface area contributed by atoms with Crippen LogP contribution in [0, 0.1) is 0 Å². The number of ether oxygens (including phenoxy) is 1. The lowest BCUT2D eigenvalue weighted by atomic mass is 10.0. The second kappa shape index (κ2) is 6.48. The molecule has 0 spiro atoms. The Bertz CT molecular complexity index is 768. The van der Waals surface area contributed by atoms with Crippen molar-refractivity contribution in [1.29, 1.82) is 0 Å². The Hall–Kier alpha value is -2.55. The number of halogens is 1. The predicted molar refractivity (Wildman–Crippen MR) is 90.4 cm³/mol. The van der Waals surface area contributed by atoms with Crippen molar-refractivity contribution in [3.63, 3.8) is 0 Å². The van der Waals surface area contributed by atoms with Crippen LogP contribution in [-0.4, -0.2) is 20.3 Å². The molecular weight excluding hydrogens is 276 g/mol. The highest BCUT2D eigenvalue weighted by molar-refractivity contribution is 5.89. The molecular formula is C19H18FNO. The van der Waals surface area contributed by atoms with Crippen molar-refractivity contribution in [2.45, 2.75) is 0 Å². The molecule has 0 aromatic heterocycles. The molecule has 0 atom stereocenters. The van der Waals surface area contributed by atoms with Crippen LogP contribution in [0.4, 0.5) is 10.1 Å². The van der Waals surface area contributed by atoms with Gasteiger partial charge in [-0.3, -0.25) is 0 Å². The van der Waals surface area contributed by atoms with Crippen LogP contribution in [0.3, 0.4) is 0 Å². The average molecular weight is 294 g/mol. The molecule has 0 radical (unpaired) electrons. The van der Waals surface area contributed by atoms with Gasteiger partial charge in [0.2, 0.25) is 0 Å². The van der Waals surface area contributed by atoms with E-state index in [4.69, 9.17) is 4.74 Å². The number of benzene rings is 3. The molecule has 0 unspecified atom stereocenters. The van der Waals surface area contributed by atoms with Crippen molar-refractivity contribution in [3.05, 3.63) is 60.7 Å². The summed E-state index contributed by atoms with van der Waals surface area (Å²) in [4.78, 5) is 0. The molecule has 0 heterocycles. The summed E-state index contributed by atoms with van der Waals surface area (Å²) in [6.07, 6.45) is 0. The van der Waals surface area contributed by atoms with E-state index >= 15 is 0 Å². The largest absolute Gasteiger partial charge is 0.491 e. The van der Waals surface area contributed by atoms with Gasteiger partial charge in [-0.15, -0.1) is 0 Å². The molecule has 2 nitrogen and oxygen atoms in total. The summed E-state index contributed by atoms with van der Waals surface area (Å²) >= 11 is 0. The first-order valence-corrected chi connectivity index (χ1v) is 7.31.